The Bertz CT molecular complexity index is 399. The molecule has 0 spiro atoms. The molecule has 1 aliphatic heterocycles. The molecule has 3 unspecified atom stereocenters. The van der Waals surface area contributed by atoms with E-state index in [2.05, 4.69) is 36.7 Å². The van der Waals surface area contributed by atoms with Gasteiger partial charge in [-0.1, -0.05) is 20.8 Å². The van der Waals surface area contributed by atoms with Gasteiger partial charge >= 0.3 is 6.03 Å². The zero-order chi connectivity index (χ0) is 17.5. The van der Waals surface area contributed by atoms with E-state index in [0.29, 0.717) is 6.54 Å². The minimum atomic E-state index is -0.706. The number of carbonyl (C=O) groups is 2. The lowest BCUT2D eigenvalue weighted by atomic mass is 9.78. The van der Waals surface area contributed by atoms with E-state index in [1.54, 1.807) is 6.92 Å². The minimum absolute atomic E-state index is 0.0167. The van der Waals surface area contributed by atoms with E-state index in [0.717, 1.165) is 19.4 Å². The van der Waals surface area contributed by atoms with Crippen LogP contribution >= 0.6 is 0 Å². The average molecular weight is 331 g/mol. The van der Waals surface area contributed by atoms with Crippen LogP contribution in [0.25, 0.3) is 0 Å². The Kier molecular flexibility index (Phi) is 7.75. The lowest BCUT2D eigenvalue weighted by Crippen LogP contribution is -2.51. The van der Waals surface area contributed by atoms with Gasteiger partial charge in [0.15, 0.2) is 0 Å². The van der Waals surface area contributed by atoms with Crippen molar-refractivity contribution in [1.29, 1.82) is 0 Å². The van der Waals surface area contributed by atoms with Crippen LogP contribution in [0.5, 0.6) is 0 Å². The van der Waals surface area contributed by atoms with Crippen LogP contribution in [-0.4, -0.2) is 50.5 Å². The quantitative estimate of drug-likeness (QED) is 0.692. The fraction of sp³-hybridized carbons (Fsp3) is 0.875. The summed E-state index contributed by atoms with van der Waals surface area (Å²) >= 11 is 0. The Hall–Kier alpha value is -1.37. The summed E-state index contributed by atoms with van der Waals surface area (Å²) in [7, 11) is 0. The highest BCUT2D eigenvalue weighted by Crippen LogP contribution is 2.33. The maximum atomic E-state index is 12.0. The SMILES string of the molecule is CC(NC(=O)NCC1CCCOC1C(C)(C)C)C(=O)NCCF. The van der Waals surface area contributed by atoms with Crippen molar-refractivity contribution in [3.8, 4) is 0 Å². The van der Waals surface area contributed by atoms with Crippen molar-refractivity contribution in [1.82, 2.24) is 16.0 Å². The summed E-state index contributed by atoms with van der Waals surface area (Å²) in [6.07, 6.45) is 2.10. The molecule has 1 saturated heterocycles. The van der Waals surface area contributed by atoms with Crippen molar-refractivity contribution in [3.05, 3.63) is 0 Å². The van der Waals surface area contributed by atoms with E-state index in [1.807, 2.05) is 0 Å². The number of urea groups is 1. The van der Waals surface area contributed by atoms with Gasteiger partial charge in [0.2, 0.25) is 5.91 Å². The van der Waals surface area contributed by atoms with Crippen molar-refractivity contribution in [2.75, 3.05) is 26.4 Å². The first kappa shape index (κ1) is 19.7. The molecular formula is C16H30FN3O3. The number of hydrogen-bond donors (Lipinski definition) is 3. The highest BCUT2D eigenvalue weighted by molar-refractivity contribution is 5.86. The van der Waals surface area contributed by atoms with Crippen LogP contribution in [0.4, 0.5) is 9.18 Å². The summed E-state index contributed by atoms with van der Waals surface area (Å²) in [4.78, 5) is 23.5. The standard InChI is InChI=1S/C16H30FN3O3/c1-11(14(21)18-8-7-17)20-15(22)19-10-12-6-5-9-23-13(12)16(2,3)4/h11-13H,5-10H2,1-4H3,(H,18,21)(H2,19,20,22). The second kappa shape index (κ2) is 9.05. The highest BCUT2D eigenvalue weighted by Gasteiger charge is 2.35. The molecule has 0 aromatic heterocycles. The van der Waals surface area contributed by atoms with E-state index >= 15 is 0 Å². The third kappa shape index (κ3) is 6.72. The highest BCUT2D eigenvalue weighted by atomic mass is 19.1. The molecule has 1 rings (SSSR count). The molecule has 0 radical (unpaired) electrons. The Labute approximate surface area is 137 Å². The van der Waals surface area contributed by atoms with Gasteiger partial charge in [0.25, 0.3) is 0 Å². The third-order valence-corrected chi connectivity index (χ3v) is 3.96. The van der Waals surface area contributed by atoms with Crippen molar-refractivity contribution < 1.29 is 18.7 Å². The van der Waals surface area contributed by atoms with E-state index in [9.17, 15) is 14.0 Å². The number of halogens is 1. The topological polar surface area (TPSA) is 79.5 Å². The zero-order valence-corrected chi connectivity index (χ0v) is 14.6. The maximum Gasteiger partial charge on any atom is 0.315 e. The molecule has 1 aliphatic rings. The minimum Gasteiger partial charge on any atom is -0.377 e. The fourth-order valence-electron chi connectivity index (χ4n) is 2.87. The summed E-state index contributed by atoms with van der Waals surface area (Å²) in [5.74, 6) is -0.142. The number of ether oxygens (including phenoxy) is 1. The molecule has 0 aromatic rings. The predicted octanol–water partition coefficient (Wildman–Crippen LogP) is 1.60. The molecule has 0 aromatic carbocycles. The fourth-order valence-corrected chi connectivity index (χ4v) is 2.87. The van der Waals surface area contributed by atoms with E-state index in [1.165, 1.54) is 0 Å². The van der Waals surface area contributed by atoms with Gasteiger partial charge in [-0.15, -0.1) is 0 Å². The second-order valence-electron chi connectivity index (χ2n) is 7.12. The van der Waals surface area contributed by atoms with Crippen molar-refractivity contribution >= 4 is 11.9 Å². The van der Waals surface area contributed by atoms with Crippen molar-refractivity contribution in [3.63, 3.8) is 0 Å². The molecule has 0 aliphatic carbocycles. The van der Waals surface area contributed by atoms with E-state index in [4.69, 9.17) is 4.74 Å². The second-order valence-corrected chi connectivity index (χ2v) is 7.12. The molecule has 134 valence electrons. The van der Waals surface area contributed by atoms with Gasteiger partial charge in [-0.25, -0.2) is 9.18 Å². The summed E-state index contributed by atoms with van der Waals surface area (Å²) in [5.41, 5.74) is 0.0167. The lowest BCUT2D eigenvalue weighted by Gasteiger charge is -2.40. The Morgan fingerprint density at radius 3 is 2.61 bits per heavy atom. The summed E-state index contributed by atoms with van der Waals surface area (Å²) in [5, 5.41) is 7.76. The molecule has 0 saturated carbocycles. The summed E-state index contributed by atoms with van der Waals surface area (Å²) in [6, 6.07) is -1.10. The summed E-state index contributed by atoms with van der Waals surface area (Å²) in [6.45, 7) is 8.56. The van der Waals surface area contributed by atoms with Crippen molar-refractivity contribution in [2.24, 2.45) is 11.3 Å². The van der Waals surface area contributed by atoms with Gasteiger partial charge in [-0.2, -0.15) is 0 Å². The van der Waals surface area contributed by atoms with Gasteiger partial charge in [-0.05, 0) is 25.2 Å². The maximum absolute atomic E-state index is 12.0. The number of rotatable bonds is 6. The van der Waals surface area contributed by atoms with Gasteiger partial charge in [0.05, 0.1) is 6.10 Å². The average Bonchev–Trinajstić information content (AvgIpc) is 2.49. The van der Waals surface area contributed by atoms with E-state index < -0.39 is 24.7 Å². The number of hydrogen-bond acceptors (Lipinski definition) is 3. The molecule has 6 nitrogen and oxygen atoms in total. The first-order valence-corrected chi connectivity index (χ1v) is 8.25. The third-order valence-electron chi connectivity index (χ3n) is 3.96. The molecular weight excluding hydrogens is 301 g/mol. The largest absolute Gasteiger partial charge is 0.377 e. The molecule has 1 heterocycles. The number of amides is 3. The van der Waals surface area contributed by atoms with Crippen LogP contribution in [0.15, 0.2) is 0 Å². The zero-order valence-electron chi connectivity index (χ0n) is 14.6. The Morgan fingerprint density at radius 1 is 1.30 bits per heavy atom. The van der Waals surface area contributed by atoms with Crippen LogP contribution in [0.2, 0.25) is 0 Å². The van der Waals surface area contributed by atoms with Crippen LogP contribution in [0.1, 0.15) is 40.5 Å². The Morgan fingerprint density at radius 2 is 2.00 bits per heavy atom. The van der Waals surface area contributed by atoms with Gasteiger partial charge in [-0.3, -0.25) is 4.79 Å². The van der Waals surface area contributed by atoms with Crippen LogP contribution in [-0.2, 0) is 9.53 Å². The molecule has 3 atom stereocenters. The number of carbonyl (C=O) groups excluding carboxylic acids is 2. The van der Waals surface area contributed by atoms with Crippen LogP contribution in [0.3, 0.4) is 0 Å². The molecule has 1 fully saturated rings. The normalized spacial score (nSPS) is 23.0. The van der Waals surface area contributed by atoms with Gasteiger partial charge in [0.1, 0.15) is 12.7 Å². The van der Waals surface area contributed by atoms with Gasteiger partial charge in [0, 0.05) is 25.6 Å². The number of nitrogens with one attached hydrogen (secondary N) is 3. The van der Waals surface area contributed by atoms with Crippen molar-refractivity contribution in [2.45, 2.75) is 52.7 Å². The summed E-state index contributed by atoms with van der Waals surface area (Å²) < 4.78 is 17.9. The molecule has 3 N–H and O–H groups in total. The number of alkyl halides is 1. The van der Waals surface area contributed by atoms with Gasteiger partial charge < -0.3 is 20.7 Å². The molecule has 23 heavy (non-hydrogen) atoms. The molecule has 7 heteroatoms. The Balaban J connectivity index is 2.40. The lowest BCUT2D eigenvalue weighted by molar-refractivity contribution is -0.122. The van der Waals surface area contributed by atoms with E-state index in [-0.39, 0.29) is 24.0 Å². The molecule has 0 bridgehead atoms. The van der Waals surface area contributed by atoms with Crippen LogP contribution in [0, 0.1) is 11.3 Å². The smallest absolute Gasteiger partial charge is 0.315 e. The first-order valence-electron chi connectivity index (χ1n) is 8.25. The first-order chi connectivity index (χ1) is 10.8. The predicted molar refractivity (Wildman–Crippen MR) is 86.9 cm³/mol. The molecule has 3 amide bonds. The van der Waals surface area contributed by atoms with Crippen LogP contribution < -0.4 is 16.0 Å². The monoisotopic (exact) mass is 331 g/mol.